The third kappa shape index (κ3) is 3.62. The molecule has 1 unspecified atom stereocenters. The van der Waals surface area contributed by atoms with Gasteiger partial charge in [0, 0.05) is 18.0 Å². The lowest BCUT2D eigenvalue weighted by Gasteiger charge is -2.10. The number of benzene rings is 2. The monoisotopic (exact) mass is 370 g/mol. The van der Waals surface area contributed by atoms with Gasteiger partial charge in [-0.15, -0.1) is 0 Å². The van der Waals surface area contributed by atoms with Crippen LogP contribution in [0.5, 0.6) is 0 Å². The molecule has 4 rings (SSSR count). The Balaban J connectivity index is 1.51. The van der Waals surface area contributed by atoms with Crippen LogP contribution in [0.25, 0.3) is 11.1 Å². The van der Waals surface area contributed by atoms with Crippen molar-refractivity contribution in [2.75, 3.05) is 11.5 Å². The number of aromatic nitrogens is 1. The standard InChI is InChI=1S/C19H18N2O4S/c22-19(20-15-8-9-26(23,24)12-15)14-6-7-17-16(11-14)21-18(25-17)10-13-4-2-1-3-5-13/h1-7,11,15H,8-10,12H2,(H,20,22). The van der Waals surface area contributed by atoms with Gasteiger partial charge in [0.05, 0.1) is 11.5 Å². The minimum Gasteiger partial charge on any atom is -0.440 e. The number of sulfone groups is 1. The first-order valence-electron chi connectivity index (χ1n) is 8.43. The molecule has 2 aromatic carbocycles. The first-order valence-corrected chi connectivity index (χ1v) is 10.3. The van der Waals surface area contributed by atoms with Crippen molar-refractivity contribution in [1.82, 2.24) is 10.3 Å². The van der Waals surface area contributed by atoms with Gasteiger partial charge in [0.2, 0.25) is 0 Å². The van der Waals surface area contributed by atoms with E-state index in [1.165, 1.54) is 0 Å². The molecule has 1 saturated heterocycles. The normalized spacial score (nSPS) is 18.8. The van der Waals surface area contributed by atoms with Gasteiger partial charge in [0.15, 0.2) is 21.3 Å². The highest BCUT2D eigenvalue weighted by Crippen LogP contribution is 2.20. The second-order valence-corrected chi connectivity index (χ2v) is 8.75. The molecule has 1 N–H and O–H groups in total. The number of oxazole rings is 1. The number of carbonyl (C=O) groups is 1. The predicted molar refractivity (Wildman–Crippen MR) is 97.8 cm³/mol. The lowest BCUT2D eigenvalue weighted by Crippen LogP contribution is -2.35. The van der Waals surface area contributed by atoms with E-state index in [1.54, 1.807) is 18.2 Å². The third-order valence-corrected chi connectivity index (χ3v) is 6.23. The zero-order chi connectivity index (χ0) is 18.1. The second kappa shape index (κ2) is 6.57. The van der Waals surface area contributed by atoms with E-state index in [0.717, 1.165) is 5.56 Å². The van der Waals surface area contributed by atoms with Gasteiger partial charge in [-0.3, -0.25) is 4.79 Å². The first kappa shape index (κ1) is 16.8. The lowest BCUT2D eigenvalue weighted by atomic mass is 10.1. The highest BCUT2D eigenvalue weighted by Gasteiger charge is 2.29. The number of hydrogen-bond acceptors (Lipinski definition) is 5. The fraction of sp³-hybridized carbons (Fsp3) is 0.263. The fourth-order valence-electron chi connectivity index (χ4n) is 3.14. The van der Waals surface area contributed by atoms with Gasteiger partial charge in [0.1, 0.15) is 5.52 Å². The van der Waals surface area contributed by atoms with Gasteiger partial charge in [-0.25, -0.2) is 13.4 Å². The summed E-state index contributed by atoms with van der Waals surface area (Å²) in [5.74, 6) is 0.433. The van der Waals surface area contributed by atoms with Crippen LogP contribution in [-0.2, 0) is 16.3 Å². The topological polar surface area (TPSA) is 89.3 Å². The van der Waals surface area contributed by atoms with E-state index in [2.05, 4.69) is 10.3 Å². The molecule has 0 radical (unpaired) electrons. The van der Waals surface area contributed by atoms with Crippen molar-refractivity contribution in [2.24, 2.45) is 0 Å². The van der Waals surface area contributed by atoms with Crippen LogP contribution >= 0.6 is 0 Å². The van der Waals surface area contributed by atoms with Gasteiger partial charge in [-0.1, -0.05) is 30.3 Å². The van der Waals surface area contributed by atoms with Crippen LogP contribution in [-0.4, -0.2) is 36.9 Å². The average Bonchev–Trinajstić information content (AvgIpc) is 3.16. The molecule has 26 heavy (non-hydrogen) atoms. The van der Waals surface area contributed by atoms with Crippen molar-refractivity contribution >= 4 is 26.8 Å². The molecule has 0 bridgehead atoms. The molecule has 1 atom stereocenters. The van der Waals surface area contributed by atoms with Crippen molar-refractivity contribution in [1.29, 1.82) is 0 Å². The van der Waals surface area contributed by atoms with Gasteiger partial charge in [-0.2, -0.15) is 0 Å². The Labute approximate surface area is 151 Å². The number of carbonyl (C=O) groups excluding carboxylic acids is 1. The van der Waals surface area contributed by atoms with Gasteiger partial charge in [0.25, 0.3) is 5.91 Å². The molecule has 3 aromatic rings. The van der Waals surface area contributed by atoms with Crippen molar-refractivity contribution in [2.45, 2.75) is 18.9 Å². The molecule has 2 heterocycles. The summed E-state index contributed by atoms with van der Waals surface area (Å²) in [4.78, 5) is 16.9. The lowest BCUT2D eigenvalue weighted by molar-refractivity contribution is 0.0941. The van der Waals surface area contributed by atoms with E-state index >= 15 is 0 Å². The summed E-state index contributed by atoms with van der Waals surface area (Å²) < 4.78 is 28.8. The van der Waals surface area contributed by atoms with Crippen LogP contribution in [0.15, 0.2) is 52.9 Å². The van der Waals surface area contributed by atoms with Crippen molar-refractivity contribution in [3.8, 4) is 0 Å². The Bertz CT molecular complexity index is 1060. The summed E-state index contributed by atoms with van der Waals surface area (Å²) in [6.07, 6.45) is 1.04. The Kier molecular flexibility index (Phi) is 4.24. The van der Waals surface area contributed by atoms with Crippen LogP contribution in [0.2, 0.25) is 0 Å². The SMILES string of the molecule is O=C(NC1CCS(=O)(=O)C1)c1ccc2oc(Cc3ccccc3)nc2c1. The Morgan fingerprint density at radius 3 is 2.73 bits per heavy atom. The number of amides is 1. The van der Waals surface area contributed by atoms with Crippen LogP contribution in [0.4, 0.5) is 0 Å². The summed E-state index contributed by atoms with van der Waals surface area (Å²) in [5, 5.41) is 2.79. The summed E-state index contributed by atoms with van der Waals surface area (Å²) in [6.45, 7) is 0. The molecule has 6 nitrogen and oxygen atoms in total. The molecule has 0 spiro atoms. The van der Waals surface area contributed by atoms with Crippen molar-refractivity contribution in [3.63, 3.8) is 0 Å². The largest absolute Gasteiger partial charge is 0.440 e. The molecule has 1 aliphatic rings. The van der Waals surface area contributed by atoms with Crippen molar-refractivity contribution < 1.29 is 17.6 Å². The minimum absolute atomic E-state index is 0.00612. The molecular weight excluding hydrogens is 352 g/mol. The smallest absolute Gasteiger partial charge is 0.251 e. The molecule has 1 aliphatic heterocycles. The van der Waals surface area contributed by atoms with E-state index in [0.29, 0.717) is 35.4 Å². The molecular formula is C19H18N2O4S. The predicted octanol–water partition coefficient (Wildman–Crippen LogP) is 2.34. The Hall–Kier alpha value is -2.67. The second-order valence-electron chi connectivity index (χ2n) is 6.53. The maximum atomic E-state index is 12.4. The molecule has 1 amide bonds. The van der Waals surface area contributed by atoms with Crippen LogP contribution in [0, 0.1) is 0 Å². The van der Waals surface area contributed by atoms with Crippen LogP contribution in [0.3, 0.4) is 0 Å². The molecule has 134 valence electrons. The molecule has 1 aromatic heterocycles. The number of hydrogen-bond donors (Lipinski definition) is 1. The third-order valence-electron chi connectivity index (χ3n) is 4.46. The number of rotatable bonds is 4. The van der Waals surface area contributed by atoms with Crippen LogP contribution in [0.1, 0.15) is 28.2 Å². The molecule has 7 heteroatoms. The summed E-state index contributed by atoms with van der Waals surface area (Å²) in [6, 6.07) is 14.6. The van der Waals surface area contributed by atoms with Crippen LogP contribution < -0.4 is 5.32 Å². The first-order chi connectivity index (χ1) is 12.5. The average molecular weight is 370 g/mol. The molecule has 0 aliphatic carbocycles. The highest BCUT2D eigenvalue weighted by molar-refractivity contribution is 7.91. The number of nitrogens with zero attached hydrogens (tertiary/aromatic N) is 1. The quantitative estimate of drug-likeness (QED) is 0.761. The fourth-order valence-corrected chi connectivity index (χ4v) is 4.81. The summed E-state index contributed by atoms with van der Waals surface area (Å²) in [5.41, 5.74) is 2.78. The van der Waals surface area contributed by atoms with E-state index in [9.17, 15) is 13.2 Å². The summed E-state index contributed by atoms with van der Waals surface area (Å²) in [7, 11) is -3.03. The van der Waals surface area contributed by atoms with E-state index in [1.807, 2.05) is 30.3 Å². The van der Waals surface area contributed by atoms with Gasteiger partial charge in [-0.05, 0) is 30.2 Å². The van der Waals surface area contributed by atoms with Gasteiger partial charge < -0.3 is 9.73 Å². The Morgan fingerprint density at radius 1 is 1.19 bits per heavy atom. The van der Waals surface area contributed by atoms with E-state index in [-0.39, 0.29) is 23.5 Å². The zero-order valence-electron chi connectivity index (χ0n) is 14.0. The zero-order valence-corrected chi connectivity index (χ0v) is 14.8. The number of fused-ring (bicyclic) bond motifs is 1. The molecule has 0 saturated carbocycles. The maximum Gasteiger partial charge on any atom is 0.251 e. The number of nitrogens with one attached hydrogen (secondary N) is 1. The maximum absolute atomic E-state index is 12.4. The highest BCUT2D eigenvalue weighted by atomic mass is 32.2. The van der Waals surface area contributed by atoms with E-state index in [4.69, 9.17) is 4.42 Å². The van der Waals surface area contributed by atoms with Crippen molar-refractivity contribution in [3.05, 3.63) is 65.5 Å². The summed E-state index contributed by atoms with van der Waals surface area (Å²) >= 11 is 0. The van der Waals surface area contributed by atoms with Gasteiger partial charge >= 0.3 is 0 Å². The molecule has 1 fully saturated rings. The Morgan fingerprint density at radius 2 is 2.00 bits per heavy atom. The minimum atomic E-state index is -3.03. The van der Waals surface area contributed by atoms with E-state index < -0.39 is 9.84 Å².